The smallest absolute Gasteiger partial charge is 0.119 e. The zero-order valence-electron chi connectivity index (χ0n) is 13.9. The molecule has 3 rings (SSSR count). The summed E-state index contributed by atoms with van der Waals surface area (Å²) in [6, 6.07) is 9.18. The molecule has 2 fully saturated rings. The molecule has 0 saturated heterocycles. The van der Waals surface area contributed by atoms with Gasteiger partial charge < -0.3 is 10.1 Å². The molecule has 2 saturated carbocycles. The molecule has 0 aliphatic heterocycles. The molecule has 1 aromatic carbocycles. The van der Waals surface area contributed by atoms with E-state index in [-0.39, 0.29) is 0 Å². The number of rotatable bonds is 5. The van der Waals surface area contributed by atoms with Gasteiger partial charge in [-0.25, -0.2) is 0 Å². The van der Waals surface area contributed by atoms with Crippen molar-refractivity contribution < 1.29 is 4.74 Å². The summed E-state index contributed by atoms with van der Waals surface area (Å²) in [5.41, 5.74) is 2.30. The van der Waals surface area contributed by atoms with Gasteiger partial charge in [-0.2, -0.15) is 0 Å². The van der Waals surface area contributed by atoms with Crippen LogP contribution in [0, 0.1) is 16.7 Å². The molecule has 2 nitrogen and oxygen atoms in total. The van der Waals surface area contributed by atoms with Crippen LogP contribution in [0.5, 0.6) is 5.75 Å². The minimum atomic E-state index is 0.461. The number of hydrogen-bond donors (Lipinski definition) is 1. The van der Waals surface area contributed by atoms with Crippen LogP contribution < -0.4 is 10.1 Å². The molecule has 0 amide bonds. The predicted molar refractivity (Wildman–Crippen MR) is 87.5 cm³/mol. The Hall–Kier alpha value is -1.02. The molecular formula is C19H29NO. The Balaban J connectivity index is 1.61. The molecule has 0 radical (unpaired) electrons. The van der Waals surface area contributed by atoms with Gasteiger partial charge in [0, 0.05) is 12.6 Å². The zero-order valence-corrected chi connectivity index (χ0v) is 13.9. The van der Waals surface area contributed by atoms with Crippen LogP contribution in [0.25, 0.3) is 0 Å². The third kappa shape index (κ3) is 2.38. The van der Waals surface area contributed by atoms with Gasteiger partial charge in [0.25, 0.3) is 0 Å². The van der Waals surface area contributed by atoms with Gasteiger partial charge in [0.05, 0.1) is 6.61 Å². The second-order valence-electron chi connectivity index (χ2n) is 7.62. The fourth-order valence-electron chi connectivity index (χ4n) is 4.62. The maximum absolute atomic E-state index is 5.50. The van der Waals surface area contributed by atoms with E-state index in [1.54, 1.807) is 0 Å². The summed E-state index contributed by atoms with van der Waals surface area (Å²) >= 11 is 0. The Bertz CT molecular complexity index is 493. The lowest BCUT2D eigenvalue weighted by atomic mass is 9.69. The number of fused-ring (bicyclic) bond motifs is 2. The molecule has 0 aromatic heterocycles. The minimum absolute atomic E-state index is 0.461. The third-order valence-corrected chi connectivity index (χ3v) is 6.58. The van der Waals surface area contributed by atoms with Crippen LogP contribution in [0.2, 0.25) is 0 Å². The van der Waals surface area contributed by atoms with Crippen molar-refractivity contribution in [1.82, 2.24) is 5.32 Å². The Labute approximate surface area is 129 Å². The quantitative estimate of drug-likeness (QED) is 0.867. The van der Waals surface area contributed by atoms with Gasteiger partial charge in [-0.05, 0) is 60.6 Å². The summed E-state index contributed by atoms with van der Waals surface area (Å²) in [5.74, 6) is 1.87. The first-order valence-corrected chi connectivity index (χ1v) is 8.42. The van der Waals surface area contributed by atoms with Gasteiger partial charge in [-0.1, -0.05) is 32.9 Å². The van der Waals surface area contributed by atoms with Crippen molar-refractivity contribution in [3.05, 3.63) is 29.8 Å². The predicted octanol–water partition coefficient (Wildman–Crippen LogP) is 4.39. The minimum Gasteiger partial charge on any atom is -0.494 e. The van der Waals surface area contributed by atoms with Crippen molar-refractivity contribution in [2.24, 2.45) is 16.7 Å². The van der Waals surface area contributed by atoms with Crippen LogP contribution in [0.1, 0.15) is 52.5 Å². The molecule has 1 N–H and O–H groups in total. The Morgan fingerprint density at radius 3 is 2.43 bits per heavy atom. The standard InChI is InChI=1S/C19H29NO/c1-5-21-16-8-6-14(7-9-16)13-20-17-12-15-10-11-19(17,4)18(15,2)3/h6-9,15,17,20H,5,10-13H2,1-4H3. The summed E-state index contributed by atoms with van der Waals surface area (Å²) in [4.78, 5) is 0. The molecule has 116 valence electrons. The normalized spacial score (nSPS) is 33.3. The maximum atomic E-state index is 5.50. The lowest BCUT2D eigenvalue weighted by molar-refractivity contribution is 0.120. The SMILES string of the molecule is CCOc1ccc(CNC2CC3CCC2(C)C3(C)C)cc1. The van der Waals surface area contributed by atoms with Crippen molar-refractivity contribution in [3.8, 4) is 5.75 Å². The van der Waals surface area contributed by atoms with Gasteiger partial charge in [0.15, 0.2) is 0 Å². The molecular weight excluding hydrogens is 258 g/mol. The van der Waals surface area contributed by atoms with Gasteiger partial charge in [0.1, 0.15) is 5.75 Å². The highest BCUT2D eigenvalue weighted by Crippen LogP contribution is 2.65. The summed E-state index contributed by atoms with van der Waals surface area (Å²) in [5, 5.41) is 3.84. The van der Waals surface area contributed by atoms with Gasteiger partial charge in [-0.3, -0.25) is 0 Å². The van der Waals surface area contributed by atoms with E-state index < -0.39 is 0 Å². The second-order valence-corrected chi connectivity index (χ2v) is 7.62. The molecule has 0 spiro atoms. The molecule has 2 bridgehead atoms. The largest absolute Gasteiger partial charge is 0.494 e. The monoisotopic (exact) mass is 287 g/mol. The van der Waals surface area contributed by atoms with Crippen LogP contribution in [0.15, 0.2) is 24.3 Å². The highest BCUT2D eigenvalue weighted by Gasteiger charge is 2.60. The lowest BCUT2D eigenvalue weighted by Gasteiger charge is -2.39. The van der Waals surface area contributed by atoms with Crippen LogP contribution >= 0.6 is 0 Å². The van der Waals surface area contributed by atoms with Crippen LogP contribution in [-0.2, 0) is 6.54 Å². The lowest BCUT2D eigenvalue weighted by Crippen LogP contribution is -2.44. The average molecular weight is 287 g/mol. The fraction of sp³-hybridized carbons (Fsp3) is 0.684. The van der Waals surface area contributed by atoms with Crippen molar-refractivity contribution in [3.63, 3.8) is 0 Å². The molecule has 2 heteroatoms. The fourth-order valence-corrected chi connectivity index (χ4v) is 4.62. The Morgan fingerprint density at radius 1 is 1.19 bits per heavy atom. The zero-order chi connectivity index (χ0) is 15.1. The number of hydrogen-bond acceptors (Lipinski definition) is 2. The number of ether oxygens (including phenoxy) is 1. The van der Waals surface area contributed by atoms with Crippen molar-refractivity contribution in [2.45, 2.75) is 59.5 Å². The molecule has 1 aromatic rings. The van der Waals surface area contributed by atoms with E-state index in [0.717, 1.165) is 24.8 Å². The van der Waals surface area contributed by atoms with E-state index in [2.05, 4.69) is 50.4 Å². The molecule has 2 aliphatic carbocycles. The van der Waals surface area contributed by atoms with Gasteiger partial charge in [-0.15, -0.1) is 0 Å². The van der Waals surface area contributed by atoms with Crippen molar-refractivity contribution >= 4 is 0 Å². The Kier molecular flexibility index (Phi) is 3.77. The molecule has 0 heterocycles. The van der Waals surface area contributed by atoms with E-state index in [9.17, 15) is 0 Å². The average Bonchev–Trinajstić information content (AvgIpc) is 2.80. The van der Waals surface area contributed by atoms with Crippen LogP contribution in [-0.4, -0.2) is 12.6 Å². The van der Waals surface area contributed by atoms with Gasteiger partial charge in [0.2, 0.25) is 0 Å². The van der Waals surface area contributed by atoms with E-state index in [1.807, 2.05) is 6.92 Å². The summed E-state index contributed by atoms with van der Waals surface area (Å²) in [7, 11) is 0. The second kappa shape index (κ2) is 5.31. The van der Waals surface area contributed by atoms with Crippen LogP contribution in [0.4, 0.5) is 0 Å². The van der Waals surface area contributed by atoms with E-state index in [0.29, 0.717) is 16.9 Å². The highest BCUT2D eigenvalue weighted by atomic mass is 16.5. The molecule has 2 aliphatic rings. The number of benzene rings is 1. The maximum Gasteiger partial charge on any atom is 0.119 e. The van der Waals surface area contributed by atoms with Crippen molar-refractivity contribution in [2.75, 3.05) is 6.61 Å². The summed E-state index contributed by atoms with van der Waals surface area (Å²) in [6.45, 7) is 11.2. The molecule has 21 heavy (non-hydrogen) atoms. The first kappa shape index (κ1) is 14.9. The highest BCUT2D eigenvalue weighted by molar-refractivity contribution is 5.27. The van der Waals surface area contributed by atoms with Gasteiger partial charge >= 0.3 is 0 Å². The van der Waals surface area contributed by atoms with E-state index >= 15 is 0 Å². The van der Waals surface area contributed by atoms with Crippen LogP contribution in [0.3, 0.4) is 0 Å². The Morgan fingerprint density at radius 2 is 1.90 bits per heavy atom. The summed E-state index contributed by atoms with van der Waals surface area (Å²) < 4.78 is 5.50. The first-order valence-electron chi connectivity index (χ1n) is 8.42. The molecule has 3 atom stereocenters. The topological polar surface area (TPSA) is 21.3 Å². The number of nitrogens with one attached hydrogen (secondary N) is 1. The van der Waals surface area contributed by atoms with E-state index in [4.69, 9.17) is 4.74 Å². The molecule has 3 unspecified atom stereocenters. The first-order chi connectivity index (χ1) is 9.97. The van der Waals surface area contributed by atoms with Crippen molar-refractivity contribution in [1.29, 1.82) is 0 Å². The van der Waals surface area contributed by atoms with E-state index in [1.165, 1.54) is 24.8 Å². The third-order valence-electron chi connectivity index (χ3n) is 6.58. The summed E-state index contributed by atoms with van der Waals surface area (Å²) in [6.07, 6.45) is 4.15.